The van der Waals surface area contributed by atoms with Crippen molar-refractivity contribution in [1.29, 1.82) is 0 Å². The van der Waals surface area contributed by atoms with Crippen molar-refractivity contribution >= 4 is 11.6 Å². The maximum atomic E-state index is 11.3. The van der Waals surface area contributed by atoms with Crippen LogP contribution in [0.1, 0.15) is 19.8 Å². The van der Waals surface area contributed by atoms with Gasteiger partial charge >= 0.3 is 0 Å². The molecule has 0 heterocycles. The monoisotopic (exact) mass is 150 g/mol. The normalized spacial score (nSPS) is 56.8. The summed E-state index contributed by atoms with van der Waals surface area (Å²) in [4.78, 5) is 22.6. The van der Waals surface area contributed by atoms with E-state index >= 15 is 0 Å². The van der Waals surface area contributed by atoms with E-state index in [1.807, 2.05) is 0 Å². The average molecular weight is 150 g/mol. The van der Waals surface area contributed by atoms with Crippen LogP contribution in [0.25, 0.3) is 0 Å². The highest BCUT2D eigenvalue weighted by Crippen LogP contribution is 2.77. The van der Waals surface area contributed by atoms with Gasteiger partial charge in [0, 0.05) is 17.3 Å². The van der Waals surface area contributed by atoms with Crippen LogP contribution < -0.4 is 0 Å². The molecule has 0 radical (unpaired) electrons. The third-order valence-corrected chi connectivity index (χ3v) is 4.00. The molecule has 4 saturated carbocycles. The van der Waals surface area contributed by atoms with Crippen LogP contribution in [0.3, 0.4) is 0 Å². The third-order valence-electron chi connectivity index (χ3n) is 4.00. The molecule has 0 aromatic heterocycles. The standard InChI is InChI=1S/C9H10O2/c1-4(10)9-3-5-2-6(9)7(9)8(5)11/h5-7H,2-3H2,1H3. The van der Waals surface area contributed by atoms with Gasteiger partial charge in [0.1, 0.15) is 11.6 Å². The van der Waals surface area contributed by atoms with E-state index in [0.29, 0.717) is 11.7 Å². The minimum absolute atomic E-state index is 0.123. The third kappa shape index (κ3) is 0.381. The minimum atomic E-state index is -0.123. The molecule has 0 aromatic rings. The zero-order valence-electron chi connectivity index (χ0n) is 6.46. The van der Waals surface area contributed by atoms with Gasteiger partial charge in [0.2, 0.25) is 0 Å². The van der Waals surface area contributed by atoms with E-state index in [0.717, 1.165) is 12.8 Å². The smallest absolute Gasteiger partial charge is 0.140 e. The summed E-state index contributed by atoms with van der Waals surface area (Å²) < 4.78 is 0. The summed E-state index contributed by atoms with van der Waals surface area (Å²) in [5.74, 6) is 1.57. The minimum Gasteiger partial charge on any atom is -0.299 e. The SMILES string of the molecule is CC(=O)C12CC3CC1C2C3=O. The van der Waals surface area contributed by atoms with Crippen molar-refractivity contribution in [1.82, 2.24) is 0 Å². The van der Waals surface area contributed by atoms with Crippen LogP contribution in [0.5, 0.6) is 0 Å². The molecule has 58 valence electrons. The predicted molar refractivity (Wildman–Crippen MR) is 37.8 cm³/mol. The van der Waals surface area contributed by atoms with E-state index in [9.17, 15) is 9.59 Å². The van der Waals surface area contributed by atoms with Crippen LogP contribution in [0.2, 0.25) is 0 Å². The van der Waals surface area contributed by atoms with Crippen molar-refractivity contribution in [2.75, 3.05) is 0 Å². The molecule has 0 N–H and O–H groups in total. The summed E-state index contributed by atoms with van der Waals surface area (Å²) >= 11 is 0. The van der Waals surface area contributed by atoms with Gasteiger partial charge in [-0.15, -0.1) is 0 Å². The van der Waals surface area contributed by atoms with Gasteiger partial charge in [0.05, 0.1) is 0 Å². The van der Waals surface area contributed by atoms with Gasteiger partial charge in [-0.2, -0.15) is 0 Å². The molecule has 2 nitrogen and oxygen atoms in total. The summed E-state index contributed by atoms with van der Waals surface area (Å²) in [5, 5.41) is 0. The quantitative estimate of drug-likeness (QED) is 0.554. The first-order chi connectivity index (χ1) is 5.18. The van der Waals surface area contributed by atoms with Gasteiger partial charge in [-0.25, -0.2) is 0 Å². The van der Waals surface area contributed by atoms with Gasteiger partial charge in [0.25, 0.3) is 0 Å². The number of carbonyl (C=O) groups excluding carboxylic acids is 2. The average Bonchev–Trinajstić information content (AvgIpc) is 2.32. The van der Waals surface area contributed by atoms with Crippen LogP contribution in [-0.4, -0.2) is 11.6 Å². The fourth-order valence-electron chi connectivity index (χ4n) is 3.49. The van der Waals surface area contributed by atoms with E-state index < -0.39 is 0 Å². The molecular weight excluding hydrogens is 140 g/mol. The maximum absolute atomic E-state index is 11.3. The summed E-state index contributed by atoms with van der Waals surface area (Å²) in [6.45, 7) is 1.65. The topological polar surface area (TPSA) is 34.1 Å². The lowest BCUT2D eigenvalue weighted by Gasteiger charge is -2.02. The molecular formula is C9H10O2. The Bertz CT molecular complexity index is 281. The highest BCUT2D eigenvalue weighted by atomic mass is 16.1. The van der Waals surface area contributed by atoms with Crippen molar-refractivity contribution in [3.8, 4) is 0 Å². The Labute approximate surface area is 65.0 Å². The molecule has 4 atom stereocenters. The van der Waals surface area contributed by atoms with Gasteiger partial charge in [-0.3, -0.25) is 9.59 Å². The second kappa shape index (κ2) is 1.30. The van der Waals surface area contributed by atoms with Gasteiger partial charge in [-0.1, -0.05) is 0 Å². The second-order valence-electron chi connectivity index (χ2n) is 4.22. The molecule has 0 spiro atoms. The Morgan fingerprint density at radius 3 is 2.55 bits per heavy atom. The number of hydrogen-bond donors (Lipinski definition) is 0. The van der Waals surface area contributed by atoms with E-state index in [2.05, 4.69) is 0 Å². The summed E-state index contributed by atoms with van der Waals surface area (Å²) in [6.07, 6.45) is 1.90. The lowest BCUT2D eigenvalue weighted by atomic mass is 10.00. The molecule has 0 amide bonds. The summed E-state index contributed by atoms with van der Waals surface area (Å²) in [7, 11) is 0. The van der Waals surface area contributed by atoms with Crippen molar-refractivity contribution in [3.63, 3.8) is 0 Å². The number of hydrogen-bond acceptors (Lipinski definition) is 2. The molecule has 4 aliphatic rings. The molecule has 4 aliphatic carbocycles. The summed E-state index contributed by atoms with van der Waals surface area (Å²) in [5.41, 5.74) is -0.123. The van der Waals surface area contributed by atoms with Gasteiger partial charge in [0.15, 0.2) is 0 Å². The Hall–Kier alpha value is -0.660. The molecule has 11 heavy (non-hydrogen) atoms. The van der Waals surface area contributed by atoms with Crippen LogP contribution in [0.4, 0.5) is 0 Å². The maximum Gasteiger partial charge on any atom is 0.140 e. The summed E-state index contributed by atoms with van der Waals surface area (Å²) in [6, 6.07) is 0. The van der Waals surface area contributed by atoms with E-state index in [1.54, 1.807) is 6.92 Å². The molecule has 2 heteroatoms. The van der Waals surface area contributed by atoms with E-state index in [-0.39, 0.29) is 23.0 Å². The Kier molecular flexibility index (Phi) is 0.701. The Morgan fingerprint density at radius 2 is 2.36 bits per heavy atom. The molecule has 0 saturated heterocycles. The molecule has 4 bridgehead atoms. The van der Waals surface area contributed by atoms with Gasteiger partial charge < -0.3 is 0 Å². The lowest BCUT2D eigenvalue weighted by molar-refractivity contribution is -0.124. The first kappa shape index (κ1) is 5.92. The van der Waals surface area contributed by atoms with Crippen molar-refractivity contribution in [2.24, 2.45) is 23.2 Å². The second-order valence-corrected chi connectivity index (χ2v) is 4.22. The number of rotatable bonds is 1. The van der Waals surface area contributed by atoms with Crippen LogP contribution in [-0.2, 0) is 9.59 Å². The molecule has 0 aromatic carbocycles. The number of carbonyl (C=O) groups is 2. The molecule has 4 fully saturated rings. The lowest BCUT2D eigenvalue weighted by Crippen LogP contribution is -2.11. The van der Waals surface area contributed by atoms with Crippen molar-refractivity contribution in [3.05, 3.63) is 0 Å². The van der Waals surface area contributed by atoms with Crippen LogP contribution in [0.15, 0.2) is 0 Å². The first-order valence-electron chi connectivity index (χ1n) is 4.22. The highest BCUT2D eigenvalue weighted by Gasteiger charge is 2.81. The highest BCUT2D eigenvalue weighted by molar-refractivity contribution is 6.04. The number of ketones is 2. The van der Waals surface area contributed by atoms with E-state index in [1.165, 1.54) is 0 Å². The Balaban J connectivity index is 2.11. The van der Waals surface area contributed by atoms with E-state index in [4.69, 9.17) is 0 Å². The zero-order valence-corrected chi connectivity index (χ0v) is 6.46. The largest absolute Gasteiger partial charge is 0.299 e. The van der Waals surface area contributed by atoms with Crippen LogP contribution in [0, 0.1) is 23.2 Å². The molecule has 4 unspecified atom stereocenters. The van der Waals surface area contributed by atoms with Gasteiger partial charge in [-0.05, 0) is 25.7 Å². The fourth-order valence-corrected chi connectivity index (χ4v) is 3.49. The number of Topliss-reactive ketones (excluding diaryl/α,β-unsaturated/α-hetero) is 2. The fraction of sp³-hybridized carbons (Fsp3) is 0.778. The zero-order chi connectivity index (χ0) is 7.80. The Morgan fingerprint density at radius 1 is 1.64 bits per heavy atom. The molecule has 4 rings (SSSR count). The first-order valence-corrected chi connectivity index (χ1v) is 4.22. The predicted octanol–water partition coefficient (Wildman–Crippen LogP) is 0.800. The molecule has 0 aliphatic heterocycles. The van der Waals surface area contributed by atoms with Crippen molar-refractivity contribution in [2.45, 2.75) is 19.8 Å². The van der Waals surface area contributed by atoms with Crippen LogP contribution >= 0.6 is 0 Å². The van der Waals surface area contributed by atoms with Crippen molar-refractivity contribution < 1.29 is 9.59 Å².